The van der Waals surface area contributed by atoms with Crippen molar-refractivity contribution in [3.05, 3.63) is 59.3 Å². The SMILES string of the molecule is CO[C@H](/C=C/C=C/[C@H](C)[C@H](O)/C(C)=C/C=C(\C)CNC(=O)OC(C)(C)C)CC/C=C(/C)C=O. The number of aldehydes is 1. The predicted molar refractivity (Wildman–Crippen MR) is 135 cm³/mol. The van der Waals surface area contributed by atoms with Gasteiger partial charge in [0.15, 0.2) is 0 Å². The van der Waals surface area contributed by atoms with E-state index < -0.39 is 17.8 Å². The van der Waals surface area contributed by atoms with Gasteiger partial charge in [0.25, 0.3) is 0 Å². The van der Waals surface area contributed by atoms with Crippen LogP contribution >= 0.6 is 0 Å². The van der Waals surface area contributed by atoms with Gasteiger partial charge in [-0.1, -0.05) is 55.0 Å². The third-order valence-corrected chi connectivity index (χ3v) is 4.76. The lowest BCUT2D eigenvalue weighted by molar-refractivity contribution is -0.104. The summed E-state index contributed by atoms with van der Waals surface area (Å²) in [5.74, 6) is -0.0707. The molecule has 0 aliphatic carbocycles. The highest BCUT2D eigenvalue weighted by Crippen LogP contribution is 2.15. The van der Waals surface area contributed by atoms with Gasteiger partial charge in [-0.25, -0.2) is 4.79 Å². The van der Waals surface area contributed by atoms with Crippen LogP contribution in [0.15, 0.2) is 59.3 Å². The second-order valence-electron chi connectivity index (χ2n) is 9.27. The molecule has 6 nitrogen and oxygen atoms in total. The van der Waals surface area contributed by atoms with Crippen LogP contribution in [0, 0.1) is 5.92 Å². The molecule has 0 aromatic rings. The van der Waals surface area contributed by atoms with Crippen LogP contribution in [0.25, 0.3) is 0 Å². The topological polar surface area (TPSA) is 84.9 Å². The molecule has 0 unspecified atom stereocenters. The highest BCUT2D eigenvalue weighted by molar-refractivity contribution is 5.71. The molecule has 0 aliphatic rings. The Morgan fingerprint density at radius 3 is 2.30 bits per heavy atom. The van der Waals surface area contributed by atoms with Crippen molar-refractivity contribution < 1.29 is 24.2 Å². The average Bonchev–Trinajstić information content (AvgIpc) is 2.75. The fourth-order valence-corrected chi connectivity index (χ4v) is 2.72. The molecule has 2 N–H and O–H groups in total. The highest BCUT2D eigenvalue weighted by Gasteiger charge is 2.15. The van der Waals surface area contributed by atoms with E-state index in [1.54, 1.807) is 14.0 Å². The zero-order valence-corrected chi connectivity index (χ0v) is 21.6. The monoisotopic (exact) mass is 461 g/mol. The van der Waals surface area contributed by atoms with Crippen LogP contribution in [0.5, 0.6) is 0 Å². The maximum absolute atomic E-state index is 11.7. The van der Waals surface area contributed by atoms with Crippen molar-refractivity contribution in [3.63, 3.8) is 0 Å². The molecule has 1 amide bonds. The first-order chi connectivity index (χ1) is 15.4. The Morgan fingerprint density at radius 1 is 1.09 bits per heavy atom. The van der Waals surface area contributed by atoms with E-state index in [9.17, 15) is 14.7 Å². The number of aliphatic hydroxyl groups is 1. The molecule has 33 heavy (non-hydrogen) atoms. The second-order valence-corrected chi connectivity index (χ2v) is 9.27. The molecule has 0 radical (unpaired) electrons. The molecule has 0 aliphatic heterocycles. The first kappa shape index (κ1) is 30.6. The molecule has 0 fully saturated rings. The molecule has 0 saturated carbocycles. The van der Waals surface area contributed by atoms with E-state index in [1.165, 1.54) is 0 Å². The maximum atomic E-state index is 11.7. The Balaban J connectivity index is 4.68. The minimum atomic E-state index is -0.618. The number of alkyl carbamates (subject to hydrolysis) is 1. The third-order valence-electron chi connectivity index (χ3n) is 4.76. The lowest BCUT2D eigenvalue weighted by Crippen LogP contribution is -2.33. The summed E-state index contributed by atoms with van der Waals surface area (Å²) in [5.41, 5.74) is 1.98. The summed E-state index contributed by atoms with van der Waals surface area (Å²) in [6.07, 6.45) is 14.7. The van der Waals surface area contributed by atoms with Crippen molar-refractivity contribution in [3.8, 4) is 0 Å². The Labute approximate surface area is 200 Å². The number of amides is 1. The first-order valence-electron chi connectivity index (χ1n) is 11.4. The van der Waals surface area contributed by atoms with Crippen LogP contribution in [0.2, 0.25) is 0 Å². The van der Waals surface area contributed by atoms with E-state index in [0.29, 0.717) is 6.54 Å². The van der Waals surface area contributed by atoms with Crippen molar-refractivity contribution in [1.82, 2.24) is 5.32 Å². The Bertz CT molecular complexity index is 753. The van der Waals surface area contributed by atoms with Gasteiger partial charge in [-0.3, -0.25) is 4.79 Å². The molecule has 0 aromatic heterocycles. The molecular weight excluding hydrogens is 418 g/mol. The van der Waals surface area contributed by atoms with Gasteiger partial charge >= 0.3 is 6.09 Å². The molecule has 0 spiro atoms. The lowest BCUT2D eigenvalue weighted by Gasteiger charge is -2.19. The van der Waals surface area contributed by atoms with Crippen LogP contribution in [0.1, 0.15) is 61.3 Å². The van der Waals surface area contributed by atoms with E-state index in [0.717, 1.165) is 35.8 Å². The van der Waals surface area contributed by atoms with Crippen LogP contribution in [0.3, 0.4) is 0 Å². The van der Waals surface area contributed by atoms with E-state index in [2.05, 4.69) is 5.32 Å². The summed E-state index contributed by atoms with van der Waals surface area (Å²) in [5, 5.41) is 13.3. The number of hydrogen-bond acceptors (Lipinski definition) is 5. The number of ether oxygens (including phenoxy) is 2. The number of carbonyl (C=O) groups is 2. The van der Waals surface area contributed by atoms with Crippen LogP contribution < -0.4 is 5.32 Å². The van der Waals surface area contributed by atoms with Gasteiger partial charge in [0.1, 0.15) is 11.9 Å². The Kier molecular flexibility index (Phi) is 15.0. The molecule has 3 atom stereocenters. The standard InChI is InChI=1S/C27H43NO5/c1-20(18-28-26(31)33-27(5,6)7)16-17-23(4)25(30)22(3)13-9-10-14-24(32-8)15-11-12-21(2)19-29/h9-10,12-14,16-17,19,22,24-25,30H,11,15,18H2,1-8H3,(H,28,31)/b13-9+,14-10+,20-16+,21-12-,23-17+/t22-,24+,25-/m0/s1. The fourth-order valence-electron chi connectivity index (χ4n) is 2.72. The molecule has 186 valence electrons. The molecule has 0 saturated heterocycles. The first-order valence-corrected chi connectivity index (χ1v) is 11.4. The summed E-state index contributed by atoms with van der Waals surface area (Å²) < 4.78 is 10.7. The molecular formula is C27H43NO5. The zero-order valence-electron chi connectivity index (χ0n) is 21.6. The van der Waals surface area contributed by atoms with Gasteiger partial charge < -0.3 is 19.9 Å². The molecule has 0 heterocycles. The van der Waals surface area contributed by atoms with Crippen LogP contribution in [0.4, 0.5) is 4.79 Å². The minimum Gasteiger partial charge on any atom is -0.444 e. The molecule has 0 aromatic carbocycles. The Hall–Kier alpha value is -2.44. The molecule has 0 bridgehead atoms. The van der Waals surface area contributed by atoms with Crippen molar-refractivity contribution in [2.45, 2.75) is 79.1 Å². The average molecular weight is 462 g/mol. The highest BCUT2D eigenvalue weighted by atomic mass is 16.6. The number of nitrogens with one attached hydrogen (secondary N) is 1. The van der Waals surface area contributed by atoms with Gasteiger partial charge in [-0.15, -0.1) is 0 Å². The lowest BCUT2D eigenvalue weighted by atomic mass is 9.97. The number of aliphatic hydroxyl groups excluding tert-OH is 1. The van der Waals surface area contributed by atoms with Gasteiger partial charge in [-0.05, 0) is 65.5 Å². The number of allylic oxidation sites excluding steroid dienone is 6. The predicted octanol–water partition coefficient (Wildman–Crippen LogP) is 5.45. The smallest absolute Gasteiger partial charge is 0.407 e. The minimum absolute atomic E-state index is 0.0328. The summed E-state index contributed by atoms with van der Waals surface area (Å²) in [6.45, 7) is 13.4. The third kappa shape index (κ3) is 15.9. The summed E-state index contributed by atoms with van der Waals surface area (Å²) in [7, 11) is 1.66. The maximum Gasteiger partial charge on any atom is 0.407 e. The fraction of sp³-hybridized carbons (Fsp3) is 0.556. The quantitative estimate of drug-likeness (QED) is 0.216. The van der Waals surface area contributed by atoms with Crippen molar-refractivity contribution in [2.24, 2.45) is 5.92 Å². The van der Waals surface area contributed by atoms with E-state index >= 15 is 0 Å². The second kappa shape index (κ2) is 16.2. The summed E-state index contributed by atoms with van der Waals surface area (Å²) in [4.78, 5) is 22.4. The van der Waals surface area contributed by atoms with Crippen molar-refractivity contribution in [1.29, 1.82) is 0 Å². The molecule has 0 rings (SSSR count). The number of rotatable bonds is 13. The normalized spacial score (nSPS) is 16.7. The Morgan fingerprint density at radius 2 is 1.73 bits per heavy atom. The number of methoxy groups -OCH3 is 1. The summed E-state index contributed by atoms with van der Waals surface area (Å²) >= 11 is 0. The van der Waals surface area contributed by atoms with Crippen LogP contribution in [-0.4, -0.2) is 48.9 Å². The van der Waals surface area contributed by atoms with Gasteiger partial charge in [0.2, 0.25) is 0 Å². The number of hydrogen-bond donors (Lipinski definition) is 2. The van der Waals surface area contributed by atoms with Crippen molar-refractivity contribution >= 4 is 12.4 Å². The van der Waals surface area contributed by atoms with Gasteiger partial charge in [-0.2, -0.15) is 0 Å². The van der Waals surface area contributed by atoms with E-state index in [1.807, 2.05) is 84.1 Å². The van der Waals surface area contributed by atoms with Crippen molar-refractivity contribution in [2.75, 3.05) is 13.7 Å². The van der Waals surface area contributed by atoms with Gasteiger partial charge in [0.05, 0.1) is 12.2 Å². The van der Waals surface area contributed by atoms with E-state index in [-0.39, 0.29) is 12.0 Å². The van der Waals surface area contributed by atoms with E-state index in [4.69, 9.17) is 9.47 Å². The van der Waals surface area contributed by atoms with Gasteiger partial charge in [0, 0.05) is 19.6 Å². The zero-order chi connectivity index (χ0) is 25.4. The van der Waals surface area contributed by atoms with Crippen LogP contribution in [-0.2, 0) is 14.3 Å². The molecule has 6 heteroatoms. The summed E-state index contributed by atoms with van der Waals surface area (Å²) in [6, 6.07) is 0. The number of carbonyl (C=O) groups excluding carboxylic acids is 2. The largest absolute Gasteiger partial charge is 0.444 e.